The lowest BCUT2D eigenvalue weighted by molar-refractivity contribution is -0.144. The average molecular weight is 534 g/mol. The number of carbonyl (C=O) groups is 3. The summed E-state index contributed by atoms with van der Waals surface area (Å²) in [7, 11) is 0. The third kappa shape index (κ3) is 3.70. The van der Waals surface area contributed by atoms with Crippen molar-refractivity contribution in [3.8, 4) is 5.75 Å². The second kappa shape index (κ2) is 9.43. The lowest BCUT2D eigenvalue weighted by Crippen LogP contribution is -2.44. The summed E-state index contributed by atoms with van der Waals surface area (Å²) in [6.45, 7) is 6.19. The van der Waals surface area contributed by atoms with Crippen LogP contribution in [-0.2, 0) is 14.4 Å². The van der Waals surface area contributed by atoms with Crippen LogP contribution in [0.15, 0.2) is 66.7 Å². The Bertz CT molecular complexity index is 1420. The maximum Gasteiger partial charge on any atom is 0.314 e. The first-order chi connectivity index (χ1) is 19.3. The Morgan fingerprint density at radius 1 is 0.775 bits per heavy atom. The lowest BCUT2D eigenvalue weighted by Gasteiger charge is -2.45. The molecule has 40 heavy (non-hydrogen) atoms. The first-order valence-electron chi connectivity index (χ1n) is 14.7. The van der Waals surface area contributed by atoms with E-state index in [0.29, 0.717) is 31.4 Å². The van der Waals surface area contributed by atoms with E-state index in [1.165, 1.54) is 22.3 Å². The van der Waals surface area contributed by atoms with E-state index < -0.39 is 0 Å². The third-order valence-electron chi connectivity index (χ3n) is 9.88. The van der Waals surface area contributed by atoms with Gasteiger partial charge in [0, 0.05) is 17.9 Å². The monoisotopic (exact) mass is 533 g/mol. The average Bonchev–Trinajstić information content (AvgIpc) is 3.23. The first-order valence-corrected chi connectivity index (χ1v) is 14.7. The van der Waals surface area contributed by atoms with Crippen molar-refractivity contribution in [1.82, 2.24) is 4.90 Å². The zero-order valence-corrected chi connectivity index (χ0v) is 23.3. The van der Waals surface area contributed by atoms with Crippen molar-refractivity contribution in [2.24, 2.45) is 17.8 Å². The molecule has 1 aliphatic heterocycles. The van der Waals surface area contributed by atoms with Crippen molar-refractivity contribution in [3.63, 3.8) is 0 Å². The predicted molar refractivity (Wildman–Crippen MR) is 152 cm³/mol. The van der Waals surface area contributed by atoms with Gasteiger partial charge < -0.3 is 4.74 Å². The maximum absolute atomic E-state index is 14.1. The van der Waals surface area contributed by atoms with E-state index in [0.717, 1.165) is 11.1 Å². The number of benzene rings is 3. The Labute approximate surface area is 235 Å². The summed E-state index contributed by atoms with van der Waals surface area (Å²) in [5.74, 6) is -0.448. The summed E-state index contributed by atoms with van der Waals surface area (Å²) in [6, 6.07) is 22.5. The minimum absolute atomic E-state index is 0.0265. The van der Waals surface area contributed by atoms with E-state index in [1.54, 1.807) is 4.90 Å². The largest absolute Gasteiger partial charge is 0.426 e. The number of hydrogen-bond acceptors (Lipinski definition) is 4. The summed E-state index contributed by atoms with van der Waals surface area (Å²) < 4.78 is 5.93. The van der Waals surface area contributed by atoms with Crippen molar-refractivity contribution in [1.29, 1.82) is 0 Å². The van der Waals surface area contributed by atoms with Crippen LogP contribution < -0.4 is 4.74 Å². The molecule has 5 aliphatic rings. The minimum Gasteiger partial charge on any atom is -0.426 e. The molecule has 0 radical (unpaired) electrons. The molecule has 3 aromatic rings. The number of carbonyl (C=O) groups excluding carboxylic acids is 3. The topological polar surface area (TPSA) is 63.7 Å². The second-order valence-corrected chi connectivity index (χ2v) is 12.4. The highest BCUT2D eigenvalue weighted by atomic mass is 16.5. The minimum atomic E-state index is -0.347. The summed E-state index contributed by atoms with van der Waals surface area (Å²) in [5, 5.41) is 0. The molecule has 3 aromatic carbocycles. The van der Waals surface area contributed by atoms with Gasteiger partial charge in [0.05, 0.1) is 17.8 Å². The van der Waals surface area contributed by atoms with Gasteiger partial charge in [-0.3, -0.25) is 19.3 Å². The van der Waals surface area contributed by atoms with E-state index >= 15 is 0 Å². The molecule has 2 atom stereocenters. The molecule has 0 spiro atoms. The SMILES string of the molecule is Cc1ccc(C(C)C)c(OC(=O)C2CCC(N3C(=O)[C@@H]4C5c6ccccc6C(c6ccccc65)[C@H]4C3=O)CC2)c1. The number of rotatable bonds is 4. The fraction of sp³-hybridized carbons (Fsp3) is 0.400. The molecule has 4 aliphatic carbocycles. The van der Waals surface area contributed by atoms with E-state index in [4.69, 9.17) is 4.74 Å². The molecule has 8 rings (SSSR count). The van der Waals surface area contributed by atoms with Crippen molar-refractivity contribution in [3.05, 3.63) is 100 Å². The van der Waals surface area contributed by atoms with E-state index in [2.05, 4.69) is 38.1 Å². The molecule has 2 bridgehead atoms. The van der Waals surface area contributed by atoms with Crippen molar-refractivity contribution < 1.29 is 19.1 Å². The van der Waals surface area contributed by atoms with Gasteiger partial charge in [-0.15, -0.1) is 0 Å². The molecule has 2 fully saturated rings. The number of nitrogens with zero attached hydrogens (tertiary/aromatic N) is 1. The predicted octanol–water partition coefficient (Wildman–Crippen LogP) is 6.47. The molecule has 0 unspecified atom stereocenters. The highest BCUT2D eigenvalue weighted by Gasteiger charge is 2.62. The summed E-state index contributed by atoms with van der Waals surface area (Å²) in [5.41, 5.74) is 6.86. The normalized spacial score (nSPS) is 28.4. The molecular formula is C35H35NO4. The zero-order valence-electron chi connectivity index (χ0n) is 23.3. The Morgan fingerprint density at radius 3 is 1.75 bits per heavy atom. The van der Waals surface area contributed by atoms with Crippen LogP contribution >= 0.6 is 0 Å². The lowest BCUT2D eigenvalue weighted by atomic mass is 9.55. The van der Waals surface area contributed by atoms with Crippen molar-refractivity contribution in [2.45, 2.75) is 70.3 Å². The third-order valence-corrected chi connectivity index (χ3v) is 9.88. The molecule has 1 saturated heterocycles. The van der Waals surface area contributed by atoms with Crippen LogP contribution in [0.2, 0.25) is 0 Å². The number of esters is 1. The van der Waals surface area contributed by atoms with Crippen LogP contribution in [-0.4, -0.2) is 28.7 Å². The highest BCUT2D eigenvalue weighted by molar-refractivity contribution is 6.08. The molecule has 0 N–H and O–H groups in total. The van der Waals surface area contributed by atoms with Crippen LogP contribution in [0.4, 0.5) is 0 Å². The number of imide groups is 1. The fourth-order valence-electron chi connectivity index (χ4n) is 8.03. The van der Waals surface area contributed by atoms with Crippen LogP contribution in [0.25, 0.3) is 0 Å². The van der Waals surface area contributed by atoms with Crippen molar-refractivity contribution in [2.75, 3.05) is 0 Å². The van der Waals surface area contributed by atoms with Gasteiger partial charge in [-0.1, -0.05) is 74.5 Å². The molecule has 2 amide bonds. The summed E-state index contributed by atoms with van der Waals surface area (Å²) in [4.78, 5) is 42.9. The Morgan fingerprint density at radius 2 is 1.27 bits per heavy atom. The quantitative estimate of drug-likeness (QED) is 0.219. The van der Waals surface area contributed by atoms with Crippen LogP contribution in [0.1, 0.15) is 90.7 Å². The first kappa shape index (κ1) is 25.3. The molecule has 1 saturated carbocycles. The van der Waals surface area contributed by atoms with Gasteiger partial charge in [0.2, 0.25) is 11.8 Å². The van der Waals surface area contributed by atoms with E-state index in [-0.39, 0.29) is 59.3 Å². The highest BCUT2D eigenvalue weighted by Crippen LogP contribution is 2.61. The molecule has 204 valence electrons. The van der Waals surface area contributed by atoms with E-state index in [9.17, 15) is 14.4 Å². The van der Waals surface area contributed by atoms with Crippen LogP contribution in [0.5, 0.6) is 5.75 Å². The molecule has 1 heterocycles. The maximum atomic E-state index is 14.1. The van der Waals surface area contributed by atoms with Gasteiger partial charge >= 0.3 is 5.97 Å². The van der Waals surface area contributed by atoms with Gasteiger partial charge in [-0.25, -0.2) is 0 Å². The number of amides is 2. The van der Waals surface area contributed by atoms with Gasteiger partial charge in [0.15, 0.2) is 0 Å². The van der Waals surface area contributed by atoms with E-state index in [1.807, 2.05) is 49.4 Å². The van der Waals surface area contributed by atoms with Crippen molar-refractivity contribution >= 4 is 17.8 Å². The number of likely N-dealkylation sites (tertiary alicyclic amines) is 1. The fourth-order valence-corrected chi connectivity index (χ4v) is 8.03. The van der Waals surface area contributed by atoms with Gasteiger partial charge in [0.1, 0.15) is 5.75 Å². The Hall–Kier alpha value is -3.73. The molecule has 5 nitrogen and oxygen atoms in total. The Balaban J connectivity index is 1.10. The van der Waals surface area contributed by atoms with Gasteiger partial charge in [-0.2, -0.15) is 0 Å². The molecule has 5 heteroatoms. The Kier molecular flexibility index (Phi) is 5.95. The van der Waals surface area contributed by atoms with Gasteiger partial charge in [-0.05, 0) is 78.0 Å². The summed E-state index contributed by atoms with van der Waals surface area (Å²) in [6.07, 6.45) is 2.51. The standard InChI is InChI=1S/C35H35NO4/c1-19(2)23-17-12-20(3)18-28(23)40-35(39)21-13-15-22(16-14-21)36-33(37)31-29-24-8-4-5-9-25(24)30(32(31)34(36)38)27-11-7-6-10-26(27)29/h4-12,17-19,21-22,29-32H,13-16H2,1-3H3/t21?,22?,29?,30?,31-,32-/m1/s1. The van der Waals surface area contributed by atoms with Crippen LogP contribution in [0, 0.1) is 24.7 Å². The summed E-state index contributed by atoms with van der Waals surface area (Å²) >= 11 is 0. The molecular weight excluding hydrogens is 498 g/mol. The van der Waals surface area contributed by atoms with Crippen LogP contribution in [0.3, 0.4) is 0 Å². The number of hydrogen-bond donors (Lipinski definition) is 0. The number of aryl methyl sites for hydroxylation is 1. The zero-order chi connectivity index (χ0) is 27.7. The number of ether oxygens (including phenoxy) is 1. The second-order valence-electron chi connectivity index (χ2n) is 12.4. The smallest absolute Gasteiger partial charge is 0.314 e. The van der Waals surface area contributed by atoms with Gasteiger partial charge in [0.25, 0.3) is 0 Å². The molecule has 0 aromatic heterocycles.